The fraction of sp³-hybridized carbons (Fsp3) is 0.556. The second-order valence-electron chi connectivity index (χ2n) is 3.48. The lowest BCUT2D eigenvalue weighted by Crippen LogP contribution is -2.45. The molecule has 0 heterocycles. The Morgan fingerprint density at radius 3 is 2.39 bits per heavy atom. The highest BCUT2D eigenvalue weighted by Gasteiger charge is 2.12. The van der Waals surface area contributed by atoms with Crippen molar-refractivity contribution in [2.75, 3.05) is 13.2 Å². The van der Waals surface area contributed by atoms with Gasteiger partial charge in [-0.05, 0) is 6.92 Å². The van der Waals surface area contributed by atoms with Gasteiger partial charge >= 0.3 is 12.0 Å². The molecule has 0 aliphatic rings. The van der Waals surface area contributed by atoms with Gasteiger partial charge < -0.3 is 20.9 Å². The summed E-state index contributed by atoms with van der Waals surface area (Å²) < 4.78 is 4.46. The maximum absolute atomic E-state index is 11.2. The van der Waals surface area contributed by atoms with Gasteiger partial charge in [-0.15, -0.1) is 0 Å². The van der Waals surface area contributed by atoms with E-state index in [1.54, 1.807) is 0 Å². The van der Waals surface area contributed by atoms with Crippen molar-refractivity contribution in [3.8, 4) is 0 Å². The van der Waals surface area contributed by atoms with Gasteiger partial charge in [0.05, 0.1) is 0 Å². The van der Waals surface area contributed by atoms with Crippen molar-refractivity contribution in [2.45, 2.75) is 19.4 Å². The van der Waals surface area contributed by atoms with Crippen LogP contribution in [0.25, 0.3) is 0 Å². The molecule has 0 saturated carbocycles. The number of amides is 4. The van der Waals surface area contributed by atoms with Crippen LogP contribution in [0.3, 0.4) is 0 Å². The van der Waals surface area contributed by atoms with Gasteiger partial charge in [0.2, 0.25) is 5.91 Å². The van der Waals surface area contributed by atoms with E-state index in [2.05, 4.69) is 10.1 Å². The molecule has 102 valence electrons. The maximum Gasteiger partial charge on any atom is 0.329 e. The van der Waals surface area contributed by atoms with E-state index >= 15 is 0 Å². The summed E-state index contributed by atoms with van der Waals surface area (Å²) in [5.41, 5.74) is 4.91. The van der Waals surface area contributed by atoms with Gasteiger partial charge in [-0.25, -0.2) is 9.59 Å². The lowest BCUT2D eigenvalue weighted by Gasteiger charge is -2.12. The summed E-state index contributed by atoms with van der Waals surface area (Å²) >= 11 is 0. The SMILES string of the molecule is CC(CC(N)=O)NC(=O)NC(=O)COCC(=O)O. The van der Waals surface area contributed by atoms with Crippen LogP contribution in [0.2, 0.25) is 0 Å². The number of carbonyl (C=O) groups excluding carboxylic acids is 3. The van der Waals surface area contributed by atoms with Crippen molar-refractivity contribution in [1.82, 2.24) is 10.6 Å². The van der Waals surface area contributed by atoms with Crippen LogP contribution in [0.4, 0.5) is 4.79 Å². The van der Waals surface area contributed by atoms with Crippen LogP contribution in [-0.2, 0) is 19.1 Å². The predicted octanol–water partition coefficient (Wildman–Crippen LogP) is -1.82. The van der Waals surface area contributed by atoms with Crippen LogP contribution in [0.15, 0.2) is 0 Å². The van der Waals surface area contributed by atoms with E-state index in [1.165, 1.54) is 6.92 Å². The Bertz CT molecular complexity index is 343. The number of carbonyl (C=O) groups is 4. The zero-order chi connectivity index (χ0) is 14.1. The molecule has 0 spiro atoms. The van der Waals surface area contributed by atoms with Gasteiger partial charge in [0.25, 0.3) is 5.91 Å². The average molecular weight is 261 g/mol. The van der Waals surface area contributed by atoms with Gasteiger partial charge in [0.15, 0.2) is 0 Å². The van der Waals surface area contributed by atoms with Crippen LogP contribution >= 0.6 is 0 Å². The predicted molar refractivity (Wildman–Crippen MR) is 58.4 cm³/mol. The Morgan fingerprint density at radius 2 is 1.89 bits per heavy atom. The molecule has 0 fully saturated rings. The van der Waals surface area contributed by atoms with E-state index < -0.39 is 43.1 Å². The number of aliphatic carboxylic acids is 1. The first-order valence-corrected chi connectivity index (χ1v) is 4.99. The average Bonchev–Trinajstić information content (AvgIpc) is 2.14. The molecule has 0 aromatic rings. The minimum absolute atomic E-state index is 0.0584. The summed E-state index contributed by atoms with van der Waals surface area (Å²) in [4.78, 5) is 42.8. The highest BCUT2D eigenvalue weighted by Crippen LogP contribution is 1.88. The first kappa shape index (κ1) is 15.8. The molecule has 0 bridgehead atoms. The first-order chi connectivity index (χ1) is 8.31. The quantitative estimate of drug-likeness (QED) is 0.424. The van der Waals surface area contributed by atoms with Crippen LogP contribution in [-0.4, -0.2) is 48.2 Å². The molecule has 0 rings (SSSR count). The Balaban J connectivity index is 3.83. The number of ether oxygens (including phenoxy) is 1. The number of primary amides is 1. The third-order valence-electron chi connectivity index (χ3n) is 1.60. The second-order valence-corrected chi connectivity index (χ2v) is 3.48. The number of rotatable bonds is 7. The Morgan fingerprint density at radius 1 is 1.28 bits per heavy atom. The van der Waals surface area contributed by atoms with Crippen LogP contribution < -0.4 is 16.4 Å². The van der Waals surface area contributed by atoms with Gasteiger partial charge in [-0.1, -0.05) is 0 Å². The lowest BCUT2D eigenvalue weighted by molar-refractivity contribution is -0.143. The van der Waals surface area contributed by atoms with Gasteiger partial charge in [0, 0.05) is 12.5 Å². The summed E-state index contributed by atoms with van der Waals surface area (Å²) in [7, 11) is 0. The van der Waals surface area contributed by atoms with Gasteiger partial charge in [-0.3, -0.25) is 14.9 Å². The van der Waals surface area contributed by atoms with Crippen molar-refractivity contribution in [2.24, 2.45) is 5.73 Å². The third-order valence-corrected chi connectivity index (χ3v) is 1.60. The molecule has 0 aliphatic carbocycles. The molecule has 18 heavy (non-hydrogen) atoms. The van der Waals surface area contributed by atoms with Crippen molar-refractivity contribution in [1.29, 1.82) is 0 Å². The molecule has 4 amide bonds. The highest BCUT2D eigenvalue weighted by atomic mass is 16.5. The van der Waals surface area contributed by atoms with E-state index in [9.17, 15) is 19.2 Å². The second kappa shape index (κ2) is 8.01. The molecular formula is C9H15N3O6. The van der Waals surface area contributed by atoms with Gasteiger partial charge in [0.1, 0.15) is 13.2 Å². The fourth-order valence-electron chi connectivity index (χ4n) is 1.01. The van der Waals surface area contributed by atoms with Crippen molar-refractivity contribution >= 4 is 23.8 Å². The number of hydrogen-bond donors (Lipinski definition) is 4. The molecule has 9 heteroatoms. The number of urea groups is 1. The minimum Gasteiger partial charge on any atom is -0.480 e. The van der Waals surface area contributed by atoms with E-state index in [-0.39, 0.29) is 6.42 Å². The highest BCUT2D eigenvalue weighted by molar-refractivity contribution is 5.95. The third kappa shape index (κ3) is 9.09. The summed E-state index contributed by atoms with van der Waals surface area (Å²) in [5.74, 6) is -2.60. The number of carboxylic acids is 1. The molecule has 0 aromatic carbocycles. The number of nitrogens with one attached hydrogen (secondary N) is 2. The Labute approximate surface area is 103 Å². The molecule has 0 aromatic heterocycles. The zero-order valence-electron chi connectivity index (χ0n) is 9.76. The van der Waals surface area contributed by atoms with Crippen LogP contribution in [0.1, 0.15) is 13.3 Å². The number of nitrogens with two attached hydrogens (primary N) is 1. The maximum atomic E-state index is 11.2. The zero-order valence-corrected chi connectivity index (χ0v) is 9.76. The number of carboxylic acid groups (broad SMARTS) is 1. The van der Waals surface area contributed by atoms with E-state index in [0.29, 0.717) is 0 Å². The molecule has 0 saturated heterocycles. The van der Waals surface area contributed by atoms with E-state index in [1.807, 2.05) is 5.32 Å². The molecule has 1 atom stereocenters. The molecule has 1 unspecified atom stereocenters. The Kier molecular flexibility index (Phi) is 7.05. The normalized spacial score (nSPS) is 11.4. The Hall–Kier alpha value is -2.16. The van der Waals surface area contributed by atoms with Crippen molar-refractivity contribution in [3.63, 3.8) is 0 Å². The lowest BCUT2D eigenvalue weighted by atomic mass is 10.2. The molecule has 5 N–H and O–H groups in total. The summed E-state index contributed by atoms with van der Waals surface area (Å²) in [5, 5.41) is 12.4. The smallest absolute Gasteiger partial charge is 0.329 e. The largest absolute Gasteiger partial charge is 0.480 e. The molecule has 0 aliphatic heterocycles. The minimum atomic E-state index is -1.22. The first-order valence-electron chi connectivity index (χ1n) is 4.99. The molecule has 0 radical (unpaired) electrons. The topological polar surface area (TPSA) is 148 Å². The van der Waals surface area contributed by atoms with E-state index in [0.717, 1.165) is 0 Å². The molecule has 9 nitrogen and oxygen atoms in total. The van der Waals surface area contributed by atoms with Crippen LogP contribution in [0.5, 0.6) is 0 Å². The van der Waals surface area contributed by atoms with E-state index in [4.69, 9.17) is 10.8 Å². The molecular weight excluding hydrogens is 246 g/mol. The van der Waals surface area contributed by atoms with Crippen molar-refractivity contribution < 1.29 is 29.0 Å². The fourth-order valence-corrected chi connectivity index (χ4v) is 1.01. The standard InChI is InChI=1S/C9H15N3O6/c1-5(2-6(10)13)11-9(17)12-7(14)3-18-4-8(15)16/h5H,2-4H2,1H3,(H2,10,13)(H,15,16)(H2,11,12,14,17). The number of imide groups is 1. The monoisotopic (exact) mass is 261 g/mol. The van der Waals surface area contributed by atoms with Crippen LogP contribution in [0, 0.1) is 0 Å². The van der Waals surface area contributed by atoms with Crippen molar-refractivity contribution in [3.05, 3.63) is 0 Å². The summed E-state index contributed by atoms with van der Waals surface area (Å²) in [6, 6.07) is -1.33. The summed E-state index contributed by atoms with van der Waals surface area (Å²) in [6.45, 7) is 0.354. The number of hydrogen-bond acceptors (Lipinski definition) is 5. The van der Waals surface area contributed by atoms with Gasteiger partial charge in [-0.2, -0.15) is 0 Å². The summed E-state index contributed by atoms with van der Waals surface area (Å²) in [6.07, 6.45) is -0.0584.